The molecule has 1 aromatic carbocycles. The van der Waals surface area contributed by atoms with Gasteiger partial charge in [-0.25, -0.2) is 8.78 Å². The number of benzene rings is 1. The van der Waals surface area contributed by atoms with Crippen molar-refractivity contribution in [3.8, 4) is 0 Å². The molecule has 1 aromatic heterocycles. The summed E-state index contributed by atoms with van der Waals surface area (Å²) in [5, 5.41) is 3.83. The fraction of sp³-hybridized carbons (Fsp3) is 0.429. The molecule has 0 radical (unpaired) electrons. The van der Waals surface area contributed by atoms with Crippen LogP contribution in [0.2, 0.25) is 0 Å². The topological polar surface area (TPSA) is 64.9 Å². The summed E-state index contributed by atoms with van der Waals surface area (Å²) < 4.78 is 31.3. The van der Waals surface area contributed by atoms with Crippen molar-refractivity contribution in [3.63, 3.8) is 0 Å². The van der Waals surface area contributed by atoms with Gasteiger partial charge < -0.3 is 10.3 Å². The zero-order chi connectivity index (χ0) is 14.2. The first-order chi connectivity index (χ1) is 9.52. The molecule has 106 valence electrons. The van der Waals surface area contributed by atoms with E-state index >= 15 is 0 Å². The van der Waals surface area contributed by atoms with Gasteiger partial charge >= 0.3 is 0 Å². The Morgan fingerprint density at radius 1 is 1.20 bits per heavy atom. The van der Waals surface area contributed by atoms with Gasteiger partial charge in [-0.3, -0.25) is 0 Å². The standard InChI is InChI=1S/C14H15F2N3O/c15-10-4-9(5-11(16)7-10)6-12-18-13(20-19-12)8-14(17)2-1-3-14/h4-5,7H,1-3,6,8,17H2. The average molecular weight is 279 g/mol. The van der Waals surface area contributed by atoms with Gasteiger partial charge in [-0.15, -0.1) is 0 Å². The molecule has 1 aliphatic rings. The van der Waals surface area contributed by atoms with Gasteiger partial charge in [-0.1, -0.05) is 5.16 Å². The molecular weight excluding hydrogens is 264 g/mol. The Labute approximate surface area is 115 Å². The molecule has 0 bridgehead atoms. The third-order valence-electron chi connectivity index (χ3n) is 3.65. The maximum Gasteiger partial charge on any atom is 0.228 e. The summed E-state index contributed by atoms with van der Waals surface area (Å²) in [6.07, 6.45) is 3.83. The number of aromatic nitrogens is 2. The molecular formula is C14H15F2N3O. The van der Waals surface area contributed by atoms with Crippen LogP contribution in [0.25, 0.3) is 0 Å². The fourth-order valence-electron chi connectivity index (χ4n) is 2.44. The van der Waals surface area contributed by atoms with E-state index in [1.807, 2.05) is 0 Å². The van der Waals surface area contributed by atoms with Crippen molar-refractivity contribution in [3.05, 3.63) is 47.1 Å². The minimum atomic E-state index is -0.612. The van der Waals surface area contributed by atoms with E-state index in [1.54, 1.807) is 0 Å². The highest BCUT2D eigenvalue weighted by Gasteiger charge is 2.34. The van der Waals surface area contributed by atoms with Gasteiger partial charge in [0, 0.05) is 24.4 Å². The Kier molecular flexibility index (Phi) is 3.25. The first-order valence-electron chi connectivity index (χ1n) is 6.58. The zero-order valence-electron chi connectivity index (χ0n) is 10.9. The van der Waals surface area contributed by atoms with E-state index in [4.69, 9.17) is 10.3 Å². The second kappa shape index (κ2) is 4.94. The van der Waals surface area contributed by atoms with Crippen LogP contribution >= 0.6 is 0 Å². The van der Waals surface area contributed by atoms with E-state index in [2.05, 4.69) is 10.1 Å². The van der Waals surface area contributed by atoms with Crippen LogP contribution in [0.4, 0.5) is 8.78 Å². The van der Waals surface area contributed by atoms with Crippen LogP contribution in [0.3, 0.4) is 0 Å². The van der Waals surface area contributed by atoms with Crippen LogP contribution in [0.15, 0.2) is 22.7 Å². The van der Waals surface area contributed by atoms with Gasteiger partial charge in [-0.2, -0.15) is 4.98 Å². The molecule has 0 saturated heterocycles. The first kappa shape index (κ1) is 13.2. The van der Waals surface area contributed by atoms with Crippen LogP contribution in [0.1, 0.15) is 36.5 Å². The number of hydrogen-bond acceptors (Lipinski definition) is 4. The van der Waals surface area contributed by atoms with Crippen LogP contribution in [-0.2, 0) is 12.8 Å². The Hall–Kier alpha value is -1.82. The molecule has 0 atom stereocenters. The molecule has 2 aromatic rings. The lowest BCUT2D eigenvalue weighted by Crippen LogP contribution is -2.48. The first-order valence-corrected chi connectivity index (χ1v) is 6.58. The Morgan fingerprint density at radius 3 is 2.50 bits per heavy atom. The van der Waals surface area contributed by atoms with Crippen molar-refractivity contribution in [2.75, 3.05) is 0 Å². The Bertz CT molecular complexity index is 602. The fourth-order valence-corrected chi connectivity index (χ4v) is 2.44. The molecule has 20 heavy (non-hydrogen) atoms. The number of rotatable bonds is 4. The Balaban J connectivity index is 1.70. The molecule has 4 nitrogen and oxygen atoms in total. The maximum atomic E-state index is 13.1. The molecule has 0 amide bonds. The van der Waals surface area contributed by atoms with E-state index in [0.717, 1.165) is 25.3 Å². The largest absolute Gasteiger partial charge is 0.339 e. The van der Waals surface area contributed by atoms with Crippen LogP contribution in [0.5, 0.6) is 0 Å². The summed E-state index contributed by atoms with van der Waals surface area (Å²) in [7, 11) is 0. The predicted octanol–water partition coefficient (Wildman–Crippen LogP) is 2.36. The third-order valence-corrected chi connectivity index (χ3v) is 3.65. The predicted molar refractivity (Wildman–Crippen MR) is 67.9 cm³/mol. The SMILES string of the molecule is NC1(Cc2nc(Cc3cc(F)cc(F)c3)no2)CCC1. The number of nitrogens with two attached hydrogens (primary N) is 1. The van der Waals surface area contributed by atoms with E-state index in [0.29, 0.717) is 23.7 Å². The lowest BCUT2D eigenvalue weighted by atomic mass is 9.75. The van der Waals surface area contributed by atoms with Gasteiger partial charge in [0.25, 0.3) is 0 Å². The van der Waals surface area contributed by atoms with Crippen molar-refractivity contribution < 1.29 is 13.3 Å². The van der Waals surface area contributed by atoms with Crippen molar-refractivity contribution in [1.82, 2.24) is 10.1 Å². The molecule has 3 rings (SSSR count). The molecule has 1 saturated carbocycles. The highest BCUT2D eigenvalue weighted by atomic mass is 19.1. The van der Waals surface area contributed by atoms with Gasteiger partial charge in [0.1, 0.15) is 11.6 Å². The van der Waals surface area contributed by atoms with E-state index in [-0.39, 0.29) is 12.0 Å². The second-order valence-electron chi connectivity index (χ2n) is 5.45. The molecule has 1 heterocycles. The smallest absolute Gasteiger partial charge is 0.228 e. The van der Waals surface area contributed by atoms with E-state index < -0.39 is 11.6 Å². The van der Waals surface area contributed by atoms with Gasteiger partial charge in [0.2, 0.25) is 5.89 Å². The zero-order valence-corrected chi connectivity index (χ0v) is 10.9. The minimum Gasteiger partial charge on any atom is -0.339 e. The lowest BCUT2D eigenvalue weighted by molar-refractivity contribution is 0.221. The quantitative estimate of drug-likeness (QED) is 0.933. The molecule has 6 heteroatoms. The van der Waals surface area contributed by atoms with Crippen molar-refractivity contribution >= 4 is 0 Å². The molecule has 0 unspecified atom stereocenters. The molecule has 0 aliphatic heterocycles. The van der Waals surface area contributed by atoms with Gasteiger partial charge in [-0.05, 0) is 37.0 Å². The number of hydrogen-bond donors (Lipinski definition) is 1. The second-order valence-corrected chi connectivity index (χ2v) is 5.45. The number of halogens is 2. The molecule has 2 N–H and O–H groups in total. The van der Waals surface area contributed by atoms with Crippen LogP contribution in [-0.4, -0.2) is 15.7 Å². The molecule has 1 aliphatic carbocycles. The van der Waals surface area contributed by atoms with Crippen molar-refractivity contribution in [2.24, 2.45) is 5.73 Å². The summed E-state index contributed by atoms with van der Waals surface area (Å²) in [6.45, 7) is 0. The maximum absolute atomic E-state index is 13.1. The summed E-state index contributed by atoms with van der Waals surface area (Å²) >= 11 is 0. The summed E-state index contributed by atoms with van der Waals surface area (Å²) in [4.78, 5) is 4.23. The van der Waals surface area contributed by atoms with Crippen molar-refractivity contribution in [1.29, 1.82) is 0 Å². The van der Waals surface area contributed by atoms with E-state index in [9.17, 15) is 8.78 Å². The normalized spacial score (nSPS) is 16.9. The molecule has 1 fully saturated rings. The van der Waals surface area contributed by atoms with E-state index in [1.165, 1.54) is 12.1 Å². The third kappa shape index (κ3) is 2.85. The highest BCUT2D eigenvalue weighted by molar-refractivity contribution is 5.21. The number of nitrogens with zero attached hydrogens (tertiary/aromatic N) is 2. The average Bonchev–Trinajstić information content (AvgIpc) is 2.73. The van der Waals surface area contributed by atoms with Gasteiger partial charge in [0.05, 0.1) is 0 Å². The highest BCUT2D eigenvalue weighted by Crippen LogP contribution is 2.31. The minimum absolute atomic E-state index is 0.227. The monoisotopic (exact) mass is 279 g/mol. The summed E-state index contributed by atoms with van der Waals surface area (Å²) in [5.74, 6) is -0.329. The Morgan fingerprint density at radius 2 is 1.90 bits per heavy atom. The van der Waals surface area contributed by atoms with Gasteiger partial charge in [0.15, 0.2) is 5.82 Å². The molecule has 0 spiro atoms. The summed E-state index contributed by atoms with van der Waals surface area (Å²) in [6, 6.07) is 3.35. The van der Waals surface area contributed by atoms with Crippen LogP contribution in [0, 0.1) is 11.6 Å². The summed E-state index contributed by atoms with van der Waals surface area (Å²) in [5.41, 5.74) is 6.36. The van der Waals surface area contributed by atoms with Crippen molar-refractivity contribution in [2.45, 2.75) is 37.6 Å². The van der Waals surface area contributed by atoms with Crippen LogP contribution < -0.4 is 5.73 Å². The lowest BCUT2D eigenvalue weighted by Gasteiger charge is -2.36.